The minimum atomic E-state index is -0.282. The number of anilines is 3. The first kappa shape index (κ1) is 19.4. The van der Waals surface area contributed by atoms with Crippen molar-refractivity contribution in [3.8, 4) is 0 Å². The van der Waals surface area contributed by atoms with Gasteiger partial charge in [-0.05, 0) is 56.7 Å². The van der Waals surface area contributed by atoms with Crippen LogP contribution in [0.1, 0.15) is 35.7 Å². The fourth-order valence-electron chi connectivity index (χ4n) is 2.93. The molecule has 7 nitrogen and oxygen atoms in total. The molecule has 2 aromatic heterocycles. The number of hydrogen-bond acceptors (Lipinski definition) is 6. The Bertz CT molecular complexity index is 920. The first-order valence-electron chi connectivity index (χ1n) is 9.36. The summed E-state index contributed by atoms with van der Waals surface area (Å²) in [6, 6.07) is 11.5. The number of aromatic nitrogens is 2. The van der Waals surface area contributed by atoms with Gasteiger partial charge in [0.2, 0.25) is 0 Å². The Morgan fingerprint density at radius 1 is 1.14 bits per heavy atom. The van der Waals surface area contributed by atoms with Gasteiger partial charge in [-0.15, -0.1) is 0 Å². The van der Waals surface area contributed by atoms with Crippen LogP contribution in [-0.4, -0.2) is 29.0 Å². The molecule has 0 aliphatic heterocycles. The summed E-state index contributed by atoms with van der Waals surface area (Å²) in [4.78, 5) is 22.9. The van der Waals surface area contributed by atoms with E-state index in [2.05, 4.69) is 51.5 Å². The topological polar surface area (TPSA) is 83.3 Å². The van der Waals surface area contributed by atoms with Crippen LogP contribution in [0.3, 0.4) is 0 Å². The highest BCUT2D eigenvalue weighted by molar-refractivity contribution is 5.92. The summed E-state index contributed by atoms with van der Waals surface area (Å²) >= 11 is 0. The molecule has 0 atom stereocenters. The number of furan rings is 1. The molecule has 0 bridgehead atoms. The van der Waals surface area contributed by atoms with E-state index in [1.807, 2.05) is 13.0 Å². The highest BCUT2D eigenvalue weighted by atomic mass is 16.3. The highest BCUT2D eigenvalue weighted by Crippen LogP contribution is 2.25. The van der Waals surface area contributed by atoms with Crippen molar-refractivity contribution in [3.05, 3.63) is 66.0 Å². The van der Waals surface area contributed by atoms with Gasteiger partial charge in [-0.25, -0.2) is 9.97 Å². The second-order valence-corrected chi connectivity index (χ2v) is 6.35. The molecule has 28 heavy (non-hydrogen) atoms. The lowest BCUT2D eigenvalue weighted by atomic mass is 10.1. The molecule has 1 amide bonds. The minimum absolute atomic E-state index is 0.282. The van der Waals surface area contributed by atoms with Gasteiger partial charge >= 0.3 is 0 Å². The van der Waals surface area contributed by atoms with Crippen molar-refractivity contribution in [3.63, 3.8) is 0 Å². The third-order valence-electron chi connectivity index (χ3n) is 4.50. The van der Waals surface area contributed by atoms with Crippen LogP contribution in [0.2, 0.25) is 0 Å². The molecule has 1 aromatic carbocycles. The van der Waals surface area contributed by atoms with E-state index in [9.17, 15) is 4.79 Å². The number of nitrogens with zero attached hydrogens (tertiary/aromatic N) is 3. The zero-order valence-electron chi connectivity index (χ0n) is 16.4. The normalized spacial score (nSPS) is 10.5. The van der Waals surface area contributed by atoms with Gasteiger partial charge in [0.05, 0.1) is 12.8 Å². The van der Waals surface area contributed by atoms with E-state index >= 15 is 0 Å². The van der Waals surface area contributed by atoms with Gasteiger partial charge in [0.15, 0.2) is 0 Å². The van der Waals surface area contributed by atoms with Crippen LogP contribution in [0.4, 0.5) is 17.2 Å². The molecule has 0 aliphatic carbocycles. The fourth-order valence-corrected chi connectivity index (χ4v) is 2.93. The largest absolute Gasteiger partial charge is 0.467 e. The van der Waals surface area contributed by atoms with Gasteiger partial charge in [0.1, 0.15) is 23.6 Å². The number of hydrogen-bond donors (Lipinski definition) is 2. The van der Waals surface area contributed by atoms with Crippen molar-refractivity contribution >= 4 is 23.1 Å². The van der Waals surface area contributed by atoms with Gasteiger partial charge in [-0.1, -0.05) is 0 Å². The maximum absolute atomic E-state index is 12.3. The van der Waals surface area contributed by atoms with E-state index in [1.54, 1.807) is 24.5 Å². The first-order valence-corrected chi connectivity index (χ1v) is 9.36. The molecule has 0 saturated heterocycles. The second-order valence-electron chi connectivity index (χ2n) is 6.35. The minimum Gasteiger partial charge on any atom is -0.467 e. The Morgan fingerprint density at radius 2 is 1.96 bits per heavy atom. The molecular weight excluding hydrogens is 354 g/mol. The van der Waals surface area contributed by atoms with E-state index in [-0.39, 0.29) is 5.91 Å². The molecule has 2 N–H and O–H groups in total. The number of amides is 1. The van der Waals surface area contributed by atoms with Gasteiger partial charge in [-0.2, -0.15) is 0 Å². The van der Waals surface area contributed by atoms with Gasteiger partial charge in [-0.3, -0.25) is 4.79 Å². The lowest BCUT2D eigenvalue weighted by Gasteiger charge is -2.22. The monoisotopic (exact) mass is 379 g/mol. The van der Waals surface area contributed by atoms with Crippen molar-refractivity contribution in [2.45, 2.75) is 27.3 Å². The first-order chi connectivity index (χ1) is 13.6. The van der Waals surface area contributed by atoms with E-state index in [0.717, 1.165) is 24.3 Å². The third-order valence-corrected chi connectivity index (χ3v) is 4.50. The van der Waals surface area contributed by atoms with E-state index in [0.29, 0.717) is 23.8 Å². The summed E-state index contributed by atoms with van der Waals surface area (Å²) in [5.41, 5.74) is 3.53. The quantitative estimate of drug-likeness (QED) is 0.618. The molecule has 0 fully saturated rings. The molecule has 7 heteroatoms. The summed E-state index contributed by atoms with van der Waals surface area (Å²) in [6.45, 7) is 8.57. The lowest BCUT2D eigenvalue weighted by Crippen LogP contribution is -2.23. The Labute approximate surface area is 164 Å². The smallest absolute Gasteiger partial charge is 0.270 e. The maximum Gasteiger partial charge on any atom is 0.270 e. The van der Waals surface area contributed by atoms with Crippen LogP contribution in [0.5, 0.6) is 0 Å². The Hall–Kier alpha value is -3.35. The molecule has 0 aliphatic rings. The van der Waals surface area contributed by atoms with Crippen molar-refractivity contribution < 1.29 is 9.21 Å². The summed E-state index contributed by atoms with van der Waals surface area (Å²) in [6.07, 6.45) is 2.95. The third kappa shape index (κ3) is 4.68. The summed E-state index contributed by atoms with van der Waals surface area (Å²) in [5, 5.41) is 6.05. The molecule has 0 unspecified atom stereocenters. The number of carbonyl (C=O) groups excluding carboxylic acids is 1. The molecule has 0 radical (unpaired) electrons. The molecule has 0 saturated carbocycles. The summed E-state index contributed by atoms with van der Waals surface area (Å²) in [5.74, 6) is 0.969. The van der Waals surface area contributed by atoms with Gasteiger partial charge in [0, 0.05) is 30.5 Å². The number of carbonyl (C=O) groups is 1. The lowest BCUT2D eigenvalue weighted by molar-refractivity contribution is 0.0943. The zero-order chi connectivity index (χ0) is 19.9. The predicted octanol–water partition coefficient (Wildman–Crippen LogP) is 3.90. The number of aryl methyl sites for hydroxylation is 1. The van der Waals surface area contributed by atoms with Crippen LogP contribution in [0.15, 0.2) is 53.4 Å². The van der Waals surface area contributed by atoms with E-state index < -0.39 is 0 Å². The molecule has 2 heterocycles. The summed E-state index contributed by atoms with van der Waals surface area (Å²) in [7, 11) is 0. The Balaban J connectivity index is 1.69. The fraction of sp³-hybridized carbons (Fsp3) is 0.286. The van der Waals surface area contributed by atoms with E-state index in [1.165, 1.54) is 12.0 Å². The standard InChI is InChI=1S/C21H25N5O2/c1-4-26(5-2)16-8-9-18(15(3)11-16)25-20-12-19(23-14-24-20)21(27)22-13-17-7-6-10-28-17/h6-12,14H,4-5,13H2,1-3H3,(H,22,27)(H,23,24,25). The van der Waals surface area contributed by atoms with Crippen molar-refractivity contribution in [2.75, 3.05) is 23.3 Å². The van der Waals surface area contributed by atoms with Crippen LogP contribution in [-0.2, 0) is 6.54 Å². The Kier molecular flexibility index (Phi) is 6.26. The predicted molar refractivity (Wildman–Crippen MR) is 110 cm³/mol. The summed E-state index contributed by atoms with van der Waals surface area (Å²) < 4.78 is 5.21. The number of nitrogens with one attached hydrogen (secondary N) is 2. The number of benzene rings is 1. The Morgan fingerprint density at radius 3 is 2.64 bits per heavy atom. The molecule has 3 rings (SSSR count). The molecule has 146 valence electrons. The second kappa shape index (κ2) is 9.03. The molecule has 3 aromatic rings. The zero-order valence-corrected chi connectivity index (χ0v) is 16.4. The van der Waals surface area contributed by atoms with Crippen LogP contribution < -0.4 is 15.5 Å². The van der Waals surface area contributed by atoms with Crippen molar-refractivity contribution in [1.29, 1.82) is 0 Å². The SMILES string of the molecule is CCN(CC)c1ccc(Nc2cc(C(=O)NCc3ccco3)ncn2)c(C)c1. The van der Waals surface area contributed by atoms with Gasteiger partial charge in [0.25, 0.3) is 5.91 Å². The van der Waals surface area contributed by atoms with Crippen molar-refractivity contribution in [2.24, 2.45) is 0 Å². The maximum atomic E-state index is 12.3. The van der Waals surface area contributed by atoms with Crippen LogP contribution >= 0.6 is 0 Å². The van der Waals surface area contributed by atoms with Crippen molar-refractivity contribution in [1.82, 2.24) is 15.3 Å². The highest BCUT2D eigenvalue weighted by Gasteiger charge is 2.11. The molecular formula is C21H25N5O2. The van der Waals surface area contributed by atoms with Crippen LogP contribution in [0, 0.1) is 6.92 Å². The average molecular weight is 379 g/mol. The van der Waals surface area contributed by atoms with Gasteiger partial charge < -0.3 is 20.0 Å². The number of rotatable bonds is 8. The van der Waals surface area contributed by atoms with Crippen LogP contribution in [0.25, 0.3) is 0 Å². The average Bonchev–Trinajstić information content (AvgIpc) is 3.23. The van der Waals surface area contributed by atoms with E-state index in [4.69, 9.17) is 4.42 Å². The molecule has 0 spiro atoms.